The molecule has 0 fully saturated rings. The van der Waals surface area contributed by atoms with Gasteiger partial charge < -0.3 is 5.11 Å². The lowest BCUT2D eigenvalue weighted by molar-refractivity contribution is 0.168. The first kappa shape index (κ1) is 14.8. The van der Waals surface area contributed by atoms with Crippen molar-refractivity contribution in [3.63, 3.8) is 0 Å². The van der Waals surface area contributed by atoms with Crippen molar-refractivity contribution in [3.8, 4) is 0 Å². The molecule has 2 rings (SSSR count). The van der Waals surface area contributed by atoms with E-state index in [0.29, 0.717) is 0 Å². The van der Waals surface area contributed by atoms with Crippen LogP contribution in [0.15, 0.2) is 54.6 Å². The summed E-state index contributed by atoms with van der Waals surface area (Å²) in [5.41, 5.74) is 3.75. The standard InChI is InChI=1S/C19H24O/c1-19(2,3)17-12-10-16(11-13-17)18(20)14-9-15-7-5-4-6-8-15/h4-8,10-13,18,20H,9,14H2,1-3H3/t18-/m1/s1. The molecule has 0 heterocycles. The third-order valence-corrected chi connectivity index (χ3v) is 3.71. The summed E-state index contributed by atoms with van der Waals surface area (Å²) in [5, 5.41) is 10.3. The summed E-state index contributed by atoms with van der Waals surface area (Å²) in [7, 11) is 0. The van der Waals surface area contributed by atoms with E-state index in [4.69, 9.17) is 0 Å². The van der Waals surface area contributed by atoms with Crippen LogP contribution in [0.25, 0.3) is 0 Å². The molecule has 0 saturated carbocycles. The second kappa shape index (κ2) is 6.23. The van der Waals surface area contributed by atoms with Crippen molar-refractivity contribution in [2.24, 2.45) is 0 Å². The number of aliphatic hydroxyl groups excluding tert-OH is 1. The molecule has 0 saturated heterocycles. The summed E-state index contributed by atoms with van der Waals surface area (Å²) in [4.78, 5) is 0. The first-order valence-corrected chi connectivity index (χ1v) is 7.29. The zero-order valence-corrected chi connectivity index (χ0v) is 12.6. The summed E-state index contributed by atoms with van der Waals surface area (Å²) in [5.74, 6) is 0. The fraction of sp³-hybridized carbons (Fsp3) is 0.368. The van der Waals surface area contributed by atoms with Gasteiger partial charge in [0.2, 0.25) is 0 Å². The molecule has 1 nitrogen and oxygen atoms in total. The van der Waals surface area contributed by atoms with Crippen molar-refractivity contribution >= 4 is 0 Å². The van der Waals surface area contributed by atoms with Crippen LogP contribution in [-0.2, 0) is 11.8 Å². The Balaban J connectivity index is 1.97. The Morgan fingerprint density at radius 2 is 1.50 bits per heavy atom. The molecule has 0 aliphatic carbocycles. The van der Waals surface area contributed by atoms with E-state index in [1.807, 2.05) is 18.2 Å². The van der Waals surface area contributed by atoms with Crippen LogP contribution in [-0.4, -0.2) is 5.11 Å². The van der Waals surface area contributed by atoms with Crippen molar-refractivity contribution in [1.82, 2.24) is 0 Å². The zero-order chi connectivity index (χ0) is 14.6. The maximum atomic E-state index is 10.3. The molecule has 2 aromatic rings. The zero-order valence-electron chi connectivity index (χ0n) is 12.6. The average Bonchev–Trinajstić information content (AvgIpc) is 2.45. The van der Waals surface area contributed by atoms with Crippen LogP contribution in [0, 0.1) is 0 Å². The van der Waals surface area contributed by atoms with Gasteiger partial charge in [-0.25, -0.2) is 0 Å². The van der Waals surface area contributed by atoms with E-state index in [0.717, 1.165) is 18.4 Å². The highest BCUT2D eigenvalue weighted by Gasteiger charge is 2.14. The second-order valence-electron chi connectivity index (χ2n) is 6.41. The maximum absolute atomic E-state index is 10.3. The molecular weight excluding hydrogens is 244 g/mol. The van der Waals surface area contributed by atoms with E-state index >= 15 is 0 Å². The topological polar surface area (TPSA) is 20.2 Å². The van der Waals surface area contributed by atoms with Gasteiger partial charge in [-0.2, -0.15) is 0 Å². The number of aliphatic hydroxyl groups is 1. The Kier molecular flexibility index (Phi) is 4.61. The van der Waals surface area contributed by atoms with Gasteiger partial charge >= 0.3 is 0 Å². The van der Waals surface area contributed by atoms with E-state index in [-0.39, 0.29) is 11.5 Å². The third-order valence-electron chi connectivity index (χ3n) is 3.71. The predicted molar refractivity (Wildman–Crippen MR) is 84.9 cm³/mol. The molecule has 1 heteroatoms. The fourth-order valence-electron chi connectivity index (χ4n) is 2.32. The molecule has 106 valence electrons. The number of aryl methyl sites for hydroxylation is 1. The Bertz CT molecular complexity index is 520. The van der Waals surface area contributed by atoms with Crippen molar-refractivity contribution in [3.05, 3.63) is 71.3 Å². The molecule has 0 aliphatic rings. The highest BCUT2D eigenvalue weighted by atomic mass is 16.3. The van der Waals surface area contributed by atoms with Gasteiger partial charge in [0.15, 0.2) is 0 Å². The molecule has 20 heavy (non-hydrogen) atoms. The van der Waals surface area contributed by atoms with Crippen molar-refractivity contribution in [2.45, 2.75) is 45.1 Å². The number of hydrogen-bond acceptors (Lipinski definition) is 1. The van der Waals surface area contributed by atoms with E-state index in [1.54, 1.807) is 0 Å². The molecule has 0 aromatic heterocycles. The largest absolute Gasteiger partial charge is 0.388 e. The van der Waals surface area contributed by atoms with Crippen molar-refractivity contribution in [2.75, 3.05) is 0 Å². The molecule has 0 amide bonds. The van der Waals surface area contributed by atoms with Gasteiger partial charge in [0.25, 0.3) is 0 Å². The summed E-state index contributed by atoms with van der Waals surface area (Å²) >= 11 is 0. The van der Waals surface area contributed by atoms with Crippen LogP contribution in [0.3, 0.4) is 0 Å². The Labute approximate surface area is 122 Å². The van der Waals surface area contributed by atoms with E-state index in [9.17, 15) is 5.11 Å². The number of benzene rings is 2. The van der Waals surface area contributed by atoms with Gasteiger partial charge in [0.1, 0.15) is 0 Å². The Hall–Kier alpha value is -1.60. The molecule has 1 atom stereocenters. The highest BCUT2D eigenvalue weighted by molar-refractivity contribution is 5.28. The van der Waals surface area contributed by atoms with Crippen LogP contribution >= 0.6 is 0 Å². The third kappa shape index (κ3) is 3.94. The van der Waals surface area contributed by atoms with E-state index in [1.165, 1.54) is 11.1 Å². The molecular formula is C19H24O. The lowest BCUT2D eigenvalue weighted by Gasteiger charge is -2.20. The van der Waals surface area contributed by atoms with Gasteiger partial charge in [0.05, 0.1) is 6.10 Å². The smallest absolute Gasteiger partial charge is 0.0793 e. The SMILES string of the molecule is CC(C)(C)c1ccc([C@H](O)CCc2ccccc2)cc1. The summed E-state index contributed by atoms with van der Waals surface area (Å²) < 4.78 is 0. The number of hydrogen-bond donors (Lipinski definition) is 1. The monoisotopic (exact) mass is 268 g/mol. The molecule has 0 radical (unpaired) electrons. The molecule has 0 unspecified atom stereocenters. The van der Waals surface area contributed by atoms with Crippen LogP contribution in [0.4, 0.5) is 0 Å². The maximum Gasteiger partial charge on any atom is 0.0793 e. The lowest BCUT2D eigenvalue weighted by atomic mass is 9.86. The average molecular weight is 268 g/mol. The van der Waals surface area contributed by atoms with Gasteiger partial charge in [-0.05, 0) is 34.9 Å². The molecule has 0 spiro atoms. The van der Waals surface area contributed by atoms with Crippen LogP contribution in [0.5, 0.6) is 0 Å². The Morgan fingerprint density at radius 1 is 0.900 bits per heavy atom. The van der Waals surface area contributed by atoms with Gasteiger partial charge in [-0.15, -0.1) is 0 Å². The van der Waals surface area contributed by atoms with Crippen molar-refractivity contribution in [1.29, 1.82) is 0 Å². The lowest BCUT2D eigenvalue weighted by Crippen LogP contribution is -2.11. The Morgan fingerprint density at radius 3 is 2.05 bits per heavy atom. The van der Waals surface area contributed by atoms with Gasteiger partial charge in [-0.3, -0.25) is 0 Å². The number of rotatable bonds is 4. The first-order chi connectivity index (χ1) is 9.47. The molecule has 2 aromatic carbocycles. The van der Waals surface area contributed by atoms with E-state index in [2.05, 4.69) is 57.2 Å². The highest BCUT2D eigenvalue weighted by Crippen LogP contribution is 2.25. The second-order valence-corrected chi connectivity index (χ2v) is 6.41. The van der Waals surface area contributed by atoms with Gasteiger partial charge in [0, 0.05) is 0 Å². The summed E-state index contributed by atoms with van der Waals surface area (Å²) in [6.45, 7) is 6.61. The van der Waals surface area contributed by atoms with E-state index < -0.39 is 0 Å². The minimum Gasteiger partial charge on any atom is -0.388 e. The van der Waals surface area contributed by atoms with Crippen LogP contribution in [0.2, 0.25) is 0 Å². The minimum absolute atomic E-state index is 0.160. The summed E-state index contributed by atoms with van der Waals surface area (Å²) in [6.07, 6.45) is 1.28. The normalized spacial score (nSPS) is 13.2. The summed E-state index contributed by atoms with van der Waals surface area (Å²) in [6, 6.07) is 18.7. The quantitative estimate of drug-likeness (QED) is 0.855. The van der Waals surface area contributed by atoms with Crippen LogP contribution in [0.1, 0.15) is 50.0 Å². The van der Waals surface area contributed by atoms with Crippen molar-refractivity contribution < 1.29 is 5.11 Å². The first-order valence-electron chi connectivity index (χ1n) is 7.29. The minimum atomic E-state index is -0.385. The molecule has 0 bridgehead atoms. The molecule has 1 N–H and O–H groups in total. The fourth-order valence-corrected chi connectivity index (χ4v) is 2.32. The molecule has 0 aliphatic heterocycles. The van der Waals surface area contributed by atoms with Crippen LogP contribution < -0.4 is 0 Å². The van der Waals surface area contributed by atoms with Gasteiger partial charge in [-0.1, -0.05) is 75.4 Å². The predicted octanol–water partition coefficient (Wildman–Crippen LogP) is 4.65.